The van der Waals surface area contributed by atoms with E-state index in [9.17, 15) is 9.59 Å². The number of hydrogen-bond donors (Lipinski definition) is 2. The van der Waals surface area contributed by atoms with E-state index in [1.54, 1.807) is 37.3 Å². The first kappa shape index (κ1) is 23.6. The molecule has 175 valence electrons. The number of ether oxygens (including phenoxy) is 1. The lowest BCUT2D eigenvalue weighted by Gasteiger charge is -2.16. The molecule has 4 aromatic rings. The summed E-state index contributed by atoms with van der Waals surface area (Å²) >= 11 is 0. The van der Waals surface area contributed by atoms with E-state index in [0.717, 1.165) is 22.2 Å². The lowest BCUT2D eigenvalue weighted by Crippen LogP contribution is -2.28. The standard InChI is InChI=1S/C28H25N4O3/c1-19-18-32(20(2)27(33)31-23-8-6-7-21(15-23)17-29)26-16-22(11-12-25(19)26)28(34)30-13-14-35-24-9-4-3-5-10-24/h3-7,9-12,15-16,18,20H,13-14H2,1-2H3,(H,30,34)(H,31,33). The van der Waals surface area contributed by atoms with Crippen molar-refractivity contribution in [1.82, 2.24) is 9.88 Å². The predicted molar refractivity (Wildman–Crippen MR) is 134 cm³/mol. The minimum absolute atomic E-state index is 0.214. The fraction of sp³-hybridized carbons (Fsp3) is 0.179. The molecule has 3 aromatic carbocycles. The number of carbonyl (C=O) groups is 2. The number of aryl methyl sites for hydroxylation is 1. The maximum atomic E-state index is 12.9. The molecule has 7 heteroatoms. The van der Waals surface area contributed by atoms with E-state index in [1.165, 1.54) is 0 Å². The summed E-state index contributed by atoms with van der Waals surface area (Å²) in [7, 11) is 0. The molecule has 1 heterocycles. The molecule has 0 saturated heterocycles. The second-order valence-electron chi connectivity index (χ2n) is 8.14. The molecular formula is C28H25N4O3. The van der Waals surface area contributed by atoms with Crippen molar-refractivity contribution >= 4 is 28.4 Å². The Bertz CT molecular complexity index is 1400. The van der Waals surface area contributed by atoms with Gasteiger partial charge in [-0.1, -0.05) is 30.3 Å². The Hall–Kier alpha value is -4.57. The van der Waals surface area contributed by atoms with Crippen LogP contribution in [-0.2, 0) is 4.79 Å². The maximum Gasteiger partial charge on any atom is 0.251 e. The molecule has 1 aromatic heterocycles. The molecule has 0 aliphatic rings. The molecule has 35 heavy (non-hydrogen) atoms. The van der Waals surface area contributed by atoms with Crippen molar-refractivity contribution in [3.8, 4) is 11.8 Å². The van der Waals surface area contributed by atoms with E-state index in [4.69, 9.17) is 10.00 Å². The number of benzene rings is 3. The molecule has 4 rings (SSSR count). The van der Waals surface area contributed by atoms with Crippen LogP contribution < -0.4 is 15.4 Å². The molecular weight excluding hydrogens is 440 g/mol. The fourth-order valence-corrected chi connectivity index (χ4v) is 3.81. The monoisotopic (exact) mass is 465 g/mol. The Morgan fingerprint density at radius 2 is 1.94 bits per heavy atom. The van der Waals surface area contributed by atoms with Crippen molar-refractivity contribution in [2.45, 2.75) is 19.9 Å². The van der Waals surface area contributed by atoms with Gasteiger partial charge in [-0.2, -0.15) is 5.26 Å². The minimum atomic E-state index is -0.553. The number of fused-ring (bicyclic) bond motifs is 1. The predicted octanol–water partition coefficient (Wildman–Crippen LogP) is 4.63. The lowest BCUT2D eigenvalue weighted by atomic mass is 10.1. The van der Waals surface area contributed by atoms with Gasteiger partial charge in [0.25, 0.3) is 5.91 Å². The van der Waals surface area contributed by atoms with Gasteiger partial charge in [-0.05, 0) is 55.8 Å². The van der Waals surface area contributed by atoms with Gasteiger partial charge < -0.3 is 19.9 Å². The van der Waals surface area contributed by atoms with E-state index < -0.39 is 6.04 Å². The highest BCUT2D eigenvalue weighted by atomic mass is 16.5. The molecule has 2 N–H and O–H groups in total. The van der Waals surface area contributed by atoms with Gasteiger partial charge in [-0.3, -0.25) is 9.59 Å². The Labute approximate surface area is 203 Å². The smallest absolute Gasteiger partial charge is 0.251 e. The van der Waals surface area contributed by atoms with E-state index in [-0.39, 0.29) is 11.8 Å². The average molecular weight is 466 g/mol. The Balaban J connectivity index is 1.46. The first-order valence-corrected chi connectivity index (χ1v) is 11.3. The molecule has 0 aliphatic heterocycles. The Morgan fingerprint density at radius 3 is 2.71 bits per heavy atom. The number of para-hydroxylation sites is 1. The quantitative estimate of drug-likeness (QED) is 0.371. The number of nitrogens with zero attached hydrogens (tertiary/aromatic N) is 2. The van der Waals surface area contributed by atoms with Gasteiger partial charge in [0.1, 0.15) is 18.4 Å². The zero-order chi connectivity index (χ0) is 24.8. The normalized spacial score (nSPS) is 11.5. The Kier molecular flexibility index (Phi) is 7.12. The zero-order valence-electron chi connectivity index (χ0n) is 19.5. The molecule has 0 spiro atoms. The highest BCUT2D eigenvalue weighted by Gasteiger charge is 2.19. The van der Waals surface area contributed by atoms with Gasteiger partial charge in [-0.25, -0.2) is 0 Å². The number of nitrogens with one attached hydrogen (secondary N) is 2. The number of amides is 2. The van der Waals surface area contributed by atoms with Crippen molar-refractivity contribution in [3.05, 3.63) is 95.7 Å². The van der Waals surface area contributed by atoms with Crippen LogP contribution in [0.3, 0.4) is 0 Å². The molecule has 0 bridgehead atoms. The van der Waals surface area contributed by atoms with Crippen molar-refractivity contribution in [1.29, 1.82) is 5.26 Å². The van der Waals surface area contributed by atoms with Crippen LogP contribution in [-0.4, -0.2) is 29.5 Å². The minimum Gasteiger partial charge on any atom is -0.492 e. The Morgan fingerprint density at radius 1 is 1.14 bits per heavy atom. The van der Waals surface area contributed by atoms with E-state index in [1.807, 2.05) is 54.1 Å². The summed E-state index contributed by atoms with van der Waals surface area (Å²) in [5, 5.41) is 15.7. The second kappa shape index (κ2) is 10.6. The third-order valence-corrected chi connectivity index (χ3v) is 5.68. The van der Waals surface area contributed by atoms with E-state index >= 15 is 0 Å². The summed E-state index contributed by atoms with van der Waals surface area (Å²) in [6.07, 6.45) is 1.90. The number of aromatic nitrogens is 1. The van der Waals surface area contributed by atoms with Crippen LogP contribution in [0.15, 0.2) is 72.9 Å². The molecule has 1 unspecified atom stereocenters. The molecule has 0 fully saturated rings. The van der Waals surface area contributed by atoms with Crippen molar-refractivity contribution in [3.63, 3.8) is 0 Å². The summed E-state index contributed by atoms with van der Waals surface area (Å²) in [6.45, 7) is 4.47. The van der Waals surface area contributed by atoms with E-state index in [2.05, 4.69) is 22.8 Å². The third-order valence-electron chi connectivity index (χ3n) is 5.68. The van der Waals surface area contributed by atoms with Gasteiger partial charge in [0.15, 0.2) is 0 Å². The average Bonchev–Trinajstić information content (AvgIpc) is 3.22. The molecule has 0 saturated carbocycles. The summed E-state index contributed by atoms with van der Waals surface area (Å²) in [4.78, 5) is 25.7. The molecule has 1 atom stereocenters. The van der Waals surface area contributed by atoms with Crippen LogP contribution in [0.4, 0.5) is 5.69 Å². The topological polar surface area (TPSA) is 96.2 Å². The van der Waals surface area contributed by atoms with Crippen LogP contribution in [0.25, 0.3) is 10.9 Å². The van der Waals surface area contributed by atoms with Gasteiger partial charge in [-0.15, -0.1) is 0 Å². The number of carbonyl (C=O) groups excluding carboxylic acids is 2. The molecule has 0 aliphatic carbocycles. The largest absolute Gasteiger partial charge is 0.492 e. The summed E-state index contributed by atoms with van der Waals surface area (Å²) in [6, 6.07) is 24.1. The van der Waals surface area contributed by atoms with Crippen molar-refractivity contribution < 1.29 is 14.3 Å². The highest BCUT2D eigenvalue weighted by molar-refractivity contribution is 6.00. The molecule has 2 amide bonds. The van der Waals surface area contributed by atoms with Crippen LogP contribution in [0.1, 0.15) is 34.5 Å². The van der Waals surface area contributed by atoms with Crippen LogP contribution >= 0.6 is 0 Å². The summed E-state index contributed by atoms with van der Waals surface area (Å²) in [5.41, 5.74) is 3.17. The van der Waals surface area contributed by atoms with Crippen LogP contribution in [0.5, 0.6) is 5.75 Å². The number of nitriles is 1. The van der Waals surface area contributed by atoms with Gasteiger partial charge in [0.05, 0.1) is 23.9 Å². The number of rotatable bonds is 8. The van der Waals surface area contributed by atoms with Crippen LogP contribution in [0.2, 0.25) is 0 Å². The van der Waals surface area contributed by atoms with E-state index in [0.29, 0.717) is 30.0 Å². The fourth-order valence-electron chi connectivity index (χ4n) is 3.81. The molecule has 1 radical (unpaired) electrons. The molecule has 7 nitrogen and oxygen atoms in total. The van der Waals surface area contributed by atoms with Crippen molar-refractivity contribution in [2.75, 3.05) is 18.5 Å². The van der Waals surface area contributed by atoms with Crippen molar-refractivity contribution in [2.24, 2.45) is 0 Å². The highest BCUT2D eigenvalue weighted by Crippen LogP contribution is 2.26. The van der Waals surface area contributed by atoms with Gasteiger partial charge >= 0.3 is 0 Å². The second-order valence-corrected chi connectivity index (χ2v) is 8.14. The first-order chi connectivity index (χ1) is 17.0. The lowest BCUT2D eigenvalue weighted by molar-refractivity contribution is -0.118. The van der Waals surface area contributed by atoms with Crippen LogP contribution in [0, 0.1) is 24.3 Å². The summed E-state index contributed by atoms with van der Waals surface area (Å²) < 4.78 is 7.47. The maximum absolute atomic E-state index is 12.9. The van der Waals surface area contributed by atoms with Gasteiger partial charge in [0, 0.05) is 28.7 Å². The zero-order valence-corrected chi connectivity index (χ0v) is 19.5. The third kappa shape index (κ3) is 5.50. The number of hydrogen-bond acceptors (Lipinski definition) is 4. The number of anilines is 1. The van der Waals surface area contributed by atoms with Gasteiger partial charge in [0.2, 0.25) is 5.91 Å². The summed E-state index contributed by atoms with van der Waals surface area (Å²) in [5.74, 6) is 0.288. The SMILES string of the molecule is Cc1cn(C(C)C(=O)Nc2[c]ccc(C#N)c2)c2cc(C(=O)NCCOc3ccccc3)ccc12. The first-order valence-electron chi connectivity index (χ1n) is 11.3.